The molecule has 2 rings (SSSR count). The normalized spacial score (nSPS) is 10.9. The van der Waals surface area contributed by atoms with Crippen LogP contribution < -0.4 is 4.74 Å². The summed E-state index contributed by atoms with van der Waals surface area (Å²) < 4.78 is 23.3. The average Bonchev–Trinajstić information content (AvgIpc) is 2.71. The number of hydrogen-bond acceptors (Lipinski definition) is 4. The number of halogens is 1. The molecule has 1 N–H and O–H groups in total. The number of benzene rings is 2. The van der Waals surface area contributed by atoms with Crippen LogP contribution in [0.25, 0.3) is 11.1 Å². The van der Waals surface area contributed by atoms with Gasteiger partial charge in [-0.05, 0) is 47.6 Å². The number of aliphatic hydroxyl groups is 1. The number of hydrogen-bond donors (Lipinski definition) is 1. The topological polar surface area (TPSA) is 55.8 Å². The Balaban J connectivity index is 2.07. The van der Waals surface area contributed by atoms with Crippen LogP contribution >= 0.6 is 0 Å². The summed E-state index contributed by atoms with van der Waals surface area (Å²) in [6.07, 6.45) is 1.76. The summed E-state index contributed by atoms with van der Waals surface area (Å²) >= 11 is 0. The van der Waals surface area contributed by atoms with Crippen molar-refractivity contribution in [3.05, 3.63) is 53.6 Å². The SMILES string of the molecule is CC(C)C(=O)OCCOc1cc(-c2ccc(CCCF)cc2)ccc1CCO. The minimum atomic E-state index is -0.304. The Hall–Kier alpha value is -2.40. The minimum Gasteiger partial charge on any atom is -0.490 e. The fourth-order valence-electron chi connectivity index (χ4n) is 2.79. The predicted octanol–water partition coefficient (Wildman–Crippen LogP) is 4.37. The predicted molar refractivity (Wildman–Crippen MR) is 108 cm³/mol. The number of esters is 1. The molecule has 2 aromatic rings. The summed E-state index contributed by atoms with van der Waals surface area (Å²) in [6.45, 7) is 3.73. The van der Waals surface area contributed by atoms with E-state index in [0.29, 0.717) is 18.6 Å². The molecule has 0 aliphatic rings. The van der Waals surface area contributed by atoms with Crippen LogP contribution in [0.2, 0.25) is 0 Å². The van der Waals surface area contributed by atoms with Crippen molar-refractivity contribution in [2.24, 2.45) is 5.92 Å². The highest BCUT2D eigenvalue weighted by Crippen LogP contribution is 2.28. The van der Waals surface area contributed by atoms with E-state index >= 15 is 0 Å². The first-order valence-electron chi connectivity index (χ1n) is 9.73. The van der Waals surface area contributed by atoms with Crippen molar-refractivity contribution in [3.63, 3.8) is 0 Å². The van der Waals surface area contributed by atoms with Gasteiger partial charge in [-0.1, -0.05) is 50.2 Å². The smallest absolute Gasteiger partial charge is 0.308 e. The van der Waals surface area contributed by atoms with Crippen molar-refractivity contribution in [1.82, 2.24) is 0 Å². The first-order valence-corrected chi connectivity index (χ1v) is 9.73. The second kappa shape index (κ2) is 11.4. The maximum Gasteiger partial charge on any atom is 0.308 e. The molecule has 0 unspecified atom stereocenters. The number of carbonyl (C=O) groups is 1. The first-order chi connectivity index (χ1) is 13.5. The van der Waals surface area contributed by atoms with E-state index in [1.54, 1.807) is 13.8 Å². The van der Waals surface area contributed by atoms with Crippen molar-refractivity contribution in [3.8, 4) is 16.9 Å². The van der Waals surface area contributed by atoms with E-state index in [2.05, 4.69) is 0 Å². The van der Waals surface area contributed by atoms with Crippen LogP contribution in [-0.4, -0.2) is 37.6 Å². The van der Waals surface area contributed by atoms with Crippen LogP contribution in [0.15, 0.2) is 42.5 Å². The fraction of sp³-hybridized carbons (Fsp3) is 0.435. The first kappa shape index (κ1) is 21.9. The number of rotatable bonds is 11. The molecule has 0 aliphatic carbocycles. The van der Waals surface area contributed by atoms with Crippen LogP contribution in [0.4, 0.5) is 4.39 Å². The van der Waals surface area contributed by atoms with Crippen LogP contribution in [0.5, 0.6) is 5.75 Å². The highest BCUT2D eigenvalue weighted by Gasteiger charge is 2.10. The molecule has 4 nitrogen and oxygen atoms in total. The van der Waals surface area contributed by atoms with Crippen LogP contribution in [0.3, 0.4) is 0 Å². The van der Waals surface area contributed by atoms with E-state index in [-0.39, 0.29) is 38.4 Å². The largest absolute Gasteiger partial charge is 0.490 e. The van der Waals surface area contributed by atoms with E-state index < -0.39 is 0 Å². The molecule has 5 heteroatoms. The number of ether oxygens (including phenoxy) is 2. The van der Waals surface area contributed by atoms with Gasteiger partial charge >= 0.3 is 5.97 Å². The van der Waals surface area contributed by atoms with Crippen molar-refractivity contribution >= 4 is 5.97 Å². The molecule has 0 radical (unpaired) electrons. The zero-order valence-electron chi connectivity index (χ0n) is 16.6. The number of alkyl halides is 1. The number of aliphatic hydroxyl groups excluding tert-OH is 1. The van der Waals surface area contributed by atoms with Crippen LogP contribution in [0, 0.1) is 5.92 Å². The van der Waals surface area contributed by atoms with Crippen LogP contribution in [0.1, 0.15) is 31.4 Å². The zero-order chi connectivity index (χ0) is 20.4. The lowest BCUT2D eigenvalue weighted by Gasteiger charge is -2.14. The second-order valence-corrected chi connectivity index (χ2v) is 6.96. The molecule has 0 aromatic heterocycles. The zero-order valence-corrected chi connectivity index (χ0v) is 16.6. The van der Waals surface area contributed by atoms with Gasteiger partial charge in [0, 0.05) is 6.61 Å². The monoisotopic (exact) mass is 388 g/mol. The highest BCUT2D eigenvalue weighted by atomic mass is 19.1. The molecular formula is C23H29FO4. The Morgan fingerprint density at radius 1 is 1.04 bits per heavy atom. The summed E-state index contributed by atoms with van der Waals surface area (Å²) in [5.41, 5.74) is 4.05. The van der Waals surface area contributed by atoms with Crippen LogP contribution in [-0.2, 0) is 22.4 Å². The molecule has 0 fully saturated rings. The van der Waals surface area contributed by atoms with Gasteiger partial charge in [0.15, 0.2) is 0 Å². The maximum absolute atomic E-state index is 12.3. The molecule has 0 saturated carbocycles. The molecule has 2 aromatic carbocycles. The average molecular weight is 388 g/mol. The molecule has 0 atom stereocenters. The Labute approximate surface area is 166 Å². The van der Waals surface area contributed by atoms with E-state index in [1.807, 2.05) is 42.5 Å². The summed E-state index contributed by atoms with van der Waals surface area (Å²) in [5, 5.41) is 9.29. The third-order valence-electron chi connectivity index (χ3n) is 4.39. The van der Waals surface area contributed by atoms with Crippen molar-refractivity contribution < 1.29 is 23.8 Å². The molecule has 0 aliphatic heterocycles. The Bertz CT molecular complexity index is 741. The molecule has 152 valence electrons. The van der Waals surface area contributed by atoms with Gasteiger partial charge in [0.25, 0.3) is 0 Å². The summed E-state index contributed by atoms with van der Waals surface area (Å²) in [5.74, 6) is 0.260. The van der Waals surface area contributed by atoms with Gasteiger partial charge in [-0.3, -0.25) is 9.18 Å². The van der Waals surface area contributed by atoms with E-state index in [1.165, 1.54) is 0 Å². The third-order valence-corrected chi connectivity index (χ3v) is 4.39. The van der Waals surface area contributed by atoms with Crippen molar-refractivity contribution in [2.45, 2.75) is 33.1 Å². The lowest BCUT2D eigenvalue weighted by molar-refractivity contribution is -0.148. The molecule has 0 saturated heterocycles. The van der Waals surface area contributed by atoms with Gasteiger partial charge in [0.1, 0.15) is 19.0 Å². The van der Waals surface area contributed by atoms with Gasteiger partial charge in [-0.15, -0.1) is 0 Å². The van der Waals surface area contributed by atoms with Gasteiger partial charge in [-0.25, -0.2) is 0 Å². The maximum atomic E-state index is 12.3. The molecule has 28 heavy (non-hydrogen) atoms. The summed E-state index contributed by atoms with van der Waals surface area (Å²) in [6, 6.07) is 13.9. The van der Waals surface area contributed by atoms with Crippen molar-refractivity contribution in [1.29, 1.82) is 0 Å². The lowest BCUT2D eigenvalue weighted by Crippen LogP contribution is -2.16. The lowest BCUT2D eigenvalue weighted by atomic mass is 10.00. The third kappa shape index (κ3) is 6.64. The standard InChI is InChI=1S/C23H29FO4/c1-17(2)23(26)28-15-14-27-22-16-21(10-9-20(22)11-13-25)19-7-5-18(6-8-19)4-3-12-24/h5-10,16-17,25H,3-4,11-15H2,1-2H3. The molecular weight excluding hydrogens is 359 g/mol. The van der Waals surface area contributed by atoms with E-state index in [4.69, 9.17) is 9.47 Å². The second-order valence-electron chi connectivity index (χ2n) is 6.96. The van der Waals surface area contributed by atoms with Gasteiger partial charge in [0.2, 0.25) is 0 Å². The Kier molecular flexibility index (Phi) is 8.95. The Morgan fingerprint density at radius 2 is 1.75 bits per heavy atom. The summed E-state index contributed by atoms with van der Waals surface area (Å²) in [7, 11) is 0. The quantitative estimate of drug-likeness (QED) is 0.459. The van der Waals surface area contributed by atoms with Gasteiger partial charge in [0.05, 0.1) is 12.6 Å². The minimum absolute atomic E-state index is 0.0291. The van der Waals surface area contributed by atoms with Crippen molar-refractivity contribution in [2.75, 3.05) is 26.5 Å². The van der Waals surface area contributed by atoms with E-state index in [9.17, 15) is 14.3 Å². The molecule has 0 amide bonds. The van der Waals surface area contributed by atoms with Gasteiger partial charge < -0.3 is 14.6 Å². The summed E-state index contributed by atoms with van der Waals surface area (Å²) in [4.78, 5) is 11.5. The fourth-order valence-corrected chi connectivity index (χ4v) is 2.79. The number of carbonyl (C=O) groups excluding carboxylic acids is 1. The highest BCUT2D eigenvalue weighted by molar-refractivity contribution is 5.71. The Morgan fingerprint density at radius 3 is 2.39 bits per heavy atom. The van der Waals surface area contributed by atoms with Gasteiger partial charge in [-0.2, -0.15) is 0 Å². The number of aryl methyl sites for hydroxylation is 1. The molecule has 0 heterocycles. The van der Waals surface area contributed by atoms with E-state index in [0.717, 1.165) is 28.7 Å². The molecule has 0 bridgehead atoms. The molecule has 0 spiro atoms.